The van der Waals surface area contributed by atoms with E-state index in [0.29, 0.717) is 11.4 Å². The molecule has 0 aliphatic rings. The van der Waals surface area contributed by atoms with Crippen LogP contribution < -0.4 is 17.0 Å². The van der Waals surface area contributed by atoms with Crippen LogP contribution >= 0.6 is 0 Å². The summed E-state index contributed by atoms with van der Waals surface area (Å²) >= 11 is 0. The Balaban J connectivity index is 0.000000810. The number of nitrogens with zero attached hydrogens (tertiary/aromatic N) is 1. The molecule has 1 aromatic heterocycles. The summed E-state index contributed by atoms with van der Waals surface area (Å²) in [6.07, 6.45) is 3.15. The van der Waals surface area contributed by atoms with E-state index in [4.69, 9.17) is 11.6 Å². The SMILES string of the molecule is NNc1ccncc1N.[HH]. The maximum atomic E-state index is 5.43. The number of hydrogen-bond donors (Lipinski definition) is 3. The van der Waals surface area contributed by atoms with E-state index >= 15 is 0 Å². The van der Waals surface area contributed by atoms with E-state index in [-0.39, 0.29) is 1.43 Å². The first-order valence-corrected chi connectivity index (χ1v) is 2.50. The lowest BCUT2D eigenvalue weighted by molar-refractivity contribution is 1.29. The lowest BCUT2D eigenvalue weighted by Gasteiger charge is -2.00. The lowest BCUT2D eigenvalue weighted by Crippen LogP contribution is -2.08. The highest BCUT2D eigenvalue weighted by Crippen LogP contribution is 2.12. The molecule has 0 spiro atoms. The summed E-state index contributed by atoms with van der Waals surface area (Å²) in [4.78, 5) is 3.77. The normalized spacial score (nSPS) is 9.00. The van der Waals surface area contributed by atoms with E-state index in [1.54, 1.807) is 12.3 Å². The molecule has 50 valence electrons. The first-order chi connectivity index (χ1) is 4.34. The van der Waals surface area contributed by atoms with Crippen molar-refractivity contribution in [3.05, 3.63) is 18.5 Å². The van der Waals surface area contributed by atoms with Crippen molar-refractivity contribution in [2.45, 2.75) is 0 Å². The van der Waals surface area contributed by atoms with Crippen LogP contribution in [0.5, 0.6) is 0 Å². The molecular weight excluding hydrogens is 116 g/mol. The Hall–Kier alpha value is -1.29. The molecule has 0 aliphatic heterocycles. The molecule has 0 aliphatic carbocycles. The molecule has 0 atom stereocenters. The van der Waals surface area contributed by atoms with Crippen LogP contribution in [0.1, 0.15) is 1.43 Å². The fourth-order valence-electron chi connectivity index (χ4n) is 0.538. The molecule has 0 aromatic carbocycles. The zero-order valence-corrected chi connectivity index (χ0v) is 4.83. The minimum absolute atomic E-state index is 0. The number of pyridine rings is 1. The maximum absolute atomic E-state index is 5.43. The molecule has 0 unspecified atom stereocenters. The summed E-state index contributed by atoms with van der Waals surface area (Å²) in [6.45, 7) is 0. The summed E-state index contributed by atoms with van der Waals surface area (Å²) in [7, 11) is 0. The maximum Gasteiger partial charge on any atom is 0.0749 e. The standard InChI is InChI=1S/C5H8N4.H2/c6-4-3-8-2-1-5(4)9-7;/h1-3H,6-7H2,(H,8,9);1H. The fraction of sp³-hybridized carbons (Fsp3) is 0. The van der Waals surface area contributed by atoms with Crippen molar-refractivity contribution in [2.75, 3.05) is 11.2 Å². The Morgan fingerprint density at radius 1 is 1.67 bits per heavy atom. The Bertz CT molecular complexity index is 203. The molecule has 0 saturated heterocycles. The molecular formula is C5H10N4. The third-order valence-corrected chi connectivity index (χ3v) is 1.01. The van der Waals surface area contributed by atoms with Gasteiger partial charge in [-0.2, -0.15) is 0 Å². The third kappa shape index (κ3) is 1.09. The van der Waals surface area contributed by atoms with Crippen LogP contribution in [0.25, 0.3) is 0 Å². The zero-order valence-electron chi connectivity index (χ0n) is 4.83. The zero-order chi connectivity index (χ0) is 6.69. The number of aromatic nitrogens is 1. The summed E-state index contributed by atoms with van der Waals surface area (Å²) in [6, 6.07) is 1.70. The molecule has 1 heterocycles. The first kappa shape index (κ1) is 5.84. The van der Waals surface area contributed by atoms with Gasteiger partial charge in [-0.25, -0.2) is 0 Å². The Kier molecular flexibility index (Phi) is 1.51. The molecule has 1 aromatic rings. The second-order valence-electron chi connectivity index (χ2n) is 1.61. The molecule has 9 heavy (non-hydrogen) atoms. The van der Waals surface area contributed by atoms with Crippen molar-refractivity contribution < 1.29 is 1.43 Å². The molecule has 0 saturated carbocycles. The largest absolute Gasteiger partial charge is 0.396 e. The van der Waals surface area contributed by atoms with E-state index in [0.717, 1.165) is 0 Å². The van der Waals surface area contributed by atoms with Gasteiger partial charge in [0.15, 0.2) is 0 Å². The van der Waals surface area contributed by atoms with Gasteiger partial charge in [0.05, 0.1) is 17.6 Å². The van der Waals surface area contributed by atoms with Crippen molar-refractivity contribution in [3.8, 4) is 0 Å². The quantitative estimate of drug-likeness (QED) is 0.371. The molecule has 0 bridgehead atoms. The summed E-state index contributed by atoms with van der Waals surface area (Å²) in [5, 5.41) is 0. The number of nitrogens with one attached hydrogen (secondary N) is 1. The van der Waals surface area contributed by atoms with Crippen molar-refractivity contribution in [3.63, 3.8) is 0 Å². The van der Waals surface area contributed by atoms with Crippen LogP contribution in [-0.4, -0.2) is 4.98 Å². The molecule has 1 rings (SSSR count). The molecule has 0 fully saturated rings. The fourth-order valence-corrected chi connectivity index (χ4v) is 0.538. The highest BCUT2D eigenvalue weighted by molar-refractivity contribution is 5.63. The second kappa shape index (κ2) is 2.32. The monoisotopic (exact) mass is 126 g/mol. The van der Waals surface area contributed by atoms with Gasteiger partial charge >= 0.3 is 0 Å². The average molecular weight is 126 g/mol. The van der Waals surface area contributed by atoms with E-state index in [1.165, 1.54) is 6.20 Å². The van der Waals surface area contributed by atoms with Crippen LogP contribution in [0.4, 0.5) is 11.4 Å². The van der Waals surface area contributed by atoms with E-state index in [9.17, 15) is 0 Å². The topological polar surface area (TPSA) is 77.0 Å². The number of nitrogen functional groups attached to an aromatic ring is 2. The predicted octanol–water partition coefficient (Wildman–Crippen LogP) is 0.195. The Labute approximate surface area is 54.3 Å². The second-order valence-corrected chi connectivity index (χ2v) is 1.61. The smallest absolute Gasteiger partial charge is 0.0749 e. The van der Waals surface area contributed by atoms with Gasteiger partial charge in [-0.3, -0.25) is 10.8 Å². The van der Waals surface area contributed by atoms with Crippen LogP contribution in [0, 0.1) is 0 Å². The number of anilines is 2. The Morgan fingerprint density at radius 3 is 2.89 bits per heavy atom. The number of hydrogen-bond acceptors (Lipinski definition) is 4. The first-order valence-electron chi connectivity index (χ1n) is 2.50. The van der Waals surface area contributed by atoms with E-state index < -0.39 is 0 Å². The van der Waals surface area contributed by atoms with Gasteiger partial charge in [-0.1, -0.05) is 0 Å². The van der Waals surface area contributed by atoms with Gasteiger partial charge in [0, 0.05) is 7.62 Å². The summed E-state index contributed by atoms with van der Waals surface area (Å²) in [5.74, 6) is 5.09. The van der Waals surface area contributed by atoms with Crippen molar-refractivity contribution in [2.24, 2.45) is 5.84 Å². The van der Waals surface area contributed by atoms with Crippen molar-refractivity contribution in [1.29, 1.82) is 0 Å². The van der Waals surface area contributed by atoms with Crippen LogP contribution in [0.2, 0.25) is 0 Å². The average Bonchev–Trinajstić information content (AvgIpc) is 1.89. The minimum atomic E-state index is 0. The minimum Gasteiger partial charge on any atom is -0.396 e. The number of rotatable bonds is 1. The number of hydrazine groups is 1. The van der Waals surface area contributed by atoms with Crippen LogP contribution in [-0.2, 0) is 0 Å². The molecule has 4 heteroatoms. The van der Waals surface area contributed by atoms with E-state index in [2.05, 4.69) is 10.4 Å². The molecule has 5 N–H and O–H groups in total. The van der Waals surface area contributed by atoms with Gasteiger partial charge in [-0.15, -0.1) is 0 Å². The lowest BCUT2D eigenvalue weighted by atomic mass is 10.4. The van der Waals surface area contributed by atoms with Crippen LogP contribution in [0.3, 0.4) is 0 Å². The van der Waals surface area contributed by atoms with Gasteiger partial charge < -0.3 is 11.2 Å². The van der Waals surface area contributed by atoms with Crippen LogP contribution in [0.15, 0.2) is 18.5 Å². The highest BCUT2D eigenvalue weighted by Gasteiger charge is 1.90. The summed E-state index contributed by atoms with van der Waals surface area (Å²) in [5.41, 5.74) is 9.11. The van der Waals surface area contributed by atoms with Gasteiger partial charge in [0.1, 0.15) is 0 Å². The van der Waals surface area contributed by atoms with Gasteiger partial charge in [0.25, 0.3) is 0 Å². The van der Waals surface area contributed by atoms with Crippen molar-refractivity contribution in [1.82, 2.24) is 4.98 Å². The Morgan fingerprint density at radius 2 is 2.44 bits per heavy atom. The molecule has 0 amide bonds. The summed E-state index contributed by atoms with van der Waals surface area (Å²) < 4.78 is 0. The van der Waals surface area contributed by atoms with Crippen molar-refractivity contribution >= 4 is 11.4 Å². The molecule has 4 nitrogen and oxygen atoms in total. The predicted molar refractivity (Wildman–Crippen MR) is 38.6 cm³/mol. The third-order valence-electron chi connectivity index (χ3n) is 1.01. The van der Waals surface area contributed by atoms with Gasteiger partial charge in [-0.05, 0) is 6.07 Å². The highest BCUT2D eigenvalue weighted by atomic mass is 15.2. The molecule has 0 radical (unpaired) electrons. The van der Waals surface area contributed by atoms with Gasteiger partial charge in [0.2, 0.25) is 0 Å². The van der Waals surface area contributed by atoms with E-state index in [1.807, 2.05) is 0 Å². The number of nitrogens with two attached hydrogens (primary N) is 2.